The van der Waals surface area contributed by atoms with Crippen molar-refractivity contribution in [1.82, 2.24) is 14.7 Å². The molecular weight excluding hydrogens is 366 g/mol. The number of hydrogen-bond donors (Lipinski definition) is 2. The Morgan fingerprint density at radius 1 is 1.04 bits per heavy atom. The van der Waals surface area contributed by atoms with Crippen molar-refractivity contribution in [3.8, 4) is 0 Å². The third-order valence-corrected chi connectivity index (χ3v) is 6.46. The highest BCUT2D eigenvalue weighted by atomic mass is 32.2. The van der Waals surface area contributed by atoms with Gasteiger partial charge in [-0.15, -0.1) is 0 Å². The quantitative estimate of drug-likeness (QED) is 0.434. The molecule has 2 aromatic rings. The maximum absolute atomic E-state index is 4.76. The molecule has 1 aromatic carbocycles. The van der Waals surface area contributed by atoms with E-state index in [2.05, 4.69) is 34.0 Å². The Kier molecular flexibility index (Phi) is 8.22. The molecule has 0 aliphatic heterocycles. The molecule has 0 amide bonds. The van der Waals surface area contributed by atoms with Crippen molar-refractivity contribution in [2.45, 2.75) is 45.4 Å². The molecule has 1 aliphatic rings. The second-order valence-corrected chi connectivity index (χ2v) is 9.09. The molecule has 154 valence electrons. The Labute approximate surface area is 174 Å². The lowest BCUT2D eigenvalue weighted by molar-refractivity contribution is 0.285. The molecule has 2 N–H and O–H groups in total. The van der Waals surface area contributed by atoms with E-state index in [1.54, 1.807) is 0 Å². The second kappa shape index (κ2) is 10.9. The monoisotopic (exact) mass is 401 g/mol. The summed E-state index contributed by atoms with van der Waals surface area (Å²) < 4.78 is 3.57. The molecule has 1 fully saturated rings. The van der Waals surface area contributed by atoms with Crippen molar-refractivity contribution >= 4 is 34.6 Å². The van der Waals surface area contributed by atoms with Gasteiger partial charge in [-0.2, -0.15) is 4.98 Å². The number of hydrogen-bond acceptors (Lipinski definition) is 6. The fraction of sp³-hybridized carbons (Fsp3) is 0.636. The van der Waals surface area contributed by atoms with Crippen LogP contribution in [0.25, 0.3) is 10.9 Å². The van der Waals surface area contributed by atoms with Crippen LogP contribution in [0.3, 0.4) is 0 Å². The van der Waals surface area contributed by atoms with E-state index in [0.717, 1.165) is 47.6 Å². The summed E-state index contributed by atoms with van der Waals surface area (Å²) in [5.74, 6) is 4.52. The van der Waals surface area contributed by atoms with E-state index in [-0.39, 0.29) is 0 Å². The highest BCUT2D eigenvalue weighted by Gasteiger charge is 2.21. The minimum atomic E-state index is 0.724. The Bertz CT molecular complexity index is 728. The first-order valence-electron chi connectivity index (χ1n) is 10.7. The van der Waals surface area contributed by atoms with Gasteiger partial charge in [0.1, 0.15) is 5.82 Å². The van der Waals surface area contributed by atoms with Crippen LogP contribution in [0.1, 0.15) is 45.4 Å². The zero-order valence-corrected chi connectivity index (χ0v) is 18.4. The van der Waals surface area contributed by atoms with E-state index in [4.69, 9.17) is 9.97 Å². The fourth-order valence-corrected chi connectivity index (χ4v) is 4.75. The van der Waals surface area contributed by atoms with E-state index >= 15 is 0 Å². The maximum atomic E-state index is 4.76. The minimum Gasteiger partial charge on any atom is -0.362 e. The highest BCUT2D eigenvalue weighted by molar-refractivity contribution is 7.97. The molecule has 1 saturated carbocycles. The van der Waals surface area contributed by atoms with Gasteiger partial charge in [-0.3, -0.25) is 4.72 Å². The molecule has 0 saturated heterocycles. The van der Waals surface area contributed by atoms with Crippen molar-refractivity contribution in [3.05, 3.63) is 24.3 Å². The molecular formula is C22H35N5S. The van der Waals surface area contributed by atoms with Gasteiger partial charge in [-0.1, -0.05) is 37.4 Å². The van der Waals surface area contributed by atoms with Gasteiger partial charge < -0.3 is 10.2 Å². The number of unbranched alkanes of at least 4 members (excludes halogenated alkanes) is 1. The molecule has 5 nitrogen and oxygen atoms in total. The molecule has 0 atom stereocenters. The van der Waals surface area contributed by atoms with Crippen LogP contribution >= 0.6 is 11.9 Å². The Morgan fingerprint density at radius 3 is 2.46 bits per heavy atom. The van der Waals surface area contributed by atoms with Crippen LogP contribution in [0.15, 0.2) is 24.3 Å². The zero-order chi connectivity index (χ0) is 19.8. The van der Waals surface area contributed by atoms with Crippen LogP contribution in [-0.4, -0.2) is 42.9 Å². The van der Waals surface area contributed by atoms with Crippen molar-refractivity contribution in [2.24, 2.45) is 11.8 Å². The number of para-hydroxylation sites is 1. The summed E-state index contributed by atoms with van der Waals surface area (Å²) in [4.78, 5) is 11.5. The largest absolute Gasteiger partial charge is 0.362 e. The summed E-state index contributed by atoms with van der Waals surface area (Å²) in [6.07, 6.45) is 7.84. The van der Waals surface area contributed by atoms with Crippen molar-refractivity contribution in [3.63, 3.8) is 0 Å². The van der Waals surface area contributed by atoms with Crippen molar-refractivity contribution in [1.29, 1.82) is 0 Å². The number of fused-ring (bicyclic) bond motifs is 1. The highest BCUT2D eigenvalue weighted by Crippen LogP contribution is 2.29. The molecule has 3 rings (SSSR count). The molecule has 0 unspecified atom stereocenters. The number of aromatic nitrogens is 2. The fourth-order valence-electron chi connectivity index (χ4n) is 3.82. The van der Waals surface area contributed by atoms with E-state index in [1.165, 1.54) is 44.3 Å². The van der Waals surface area contributed by atoms with Crippen molar-refractivity contribution < 1.29 is 0 Å². The summed E-state index contributed by atoms with van der Waals surface area (Å²) in [7, 11) is 4.07. The normalized spacial score (nSPS) is 19.7. The lowest BCUT2D eigenvalue weighted by Crippen LogP contribution is -2.26. The lowest BCUT2D eigenvalue weighted by Gasteiger charge is -2.28. The van der Waals surface area contributed by atoms with Crippen LogP contribution in [0, 0.1) is 11.8 Å². The van der Waals surface area contributed by atoms with Gasteiger partial charge in [0.15, 0.2) is 0 Å². The predicted molar refractivity (Wildman–Crippen MR) is 123 cm³/mol. The third-order valence-electron chi connectivity index (χ3n) is 5.60. The summed E-state index contributed by atoms with van der Waals surface area (Å²) in [5.41, 5.74) is 0.999. The van der Waals surface area contributed by atoms with Gasteiger partial charge in [0, 0.05) is 38.3 Å². The van der Waals surface area contributed by atoms with E-state index in [1.807, 2.05) is 38.2 Å². The molecule has 28 heavy (non-hydrogen) atoms. The standard InChI is InChI=1S/C22H35N5S/c1-4-5-14-28-24-16-18-12-10-17(11-13-18)15-23-22-25-20-9-7-6-8-19(20)21(26-22)27(2)3/h6-9,17-18,24H,4-5,10-16H2,1-3H3,(H,23,25,26). The number of rotatable bonds is 10. The van der Waals surface area contributed by atoms with E-state index < -0.39 is 0 Å². The molecule has 0 radical (unpaired) electrons. The number of nitrogens with one attached hydrogen (secondary N) is 2. The van der Waals surface area contributed by atoms with Crippen LogP contribution in [0.2, 0.25) is 0 Å². The first-order chi connectivity index (χ1) is 13.7. The van der Waals surface area contributed by atoms with Gasteiger partial charge in [-0.25, -0.2) is 4.98 Å². The predicted octanol–water partition coefficient (Wildman–Crippen LogP) is 4.95. The second-order valence-electron chi connectivity index (χ2n) is 8.10. The molecule has 1 heterocycles. The van der Waals surface area contributed by atoms with Gasteiger partial charge in [-0.05, 0) is 56.1 Å². The first kappa shape index (κ1) is 21.2. The molecule has 0 bridgehead atoms. The SMILES string of the molecule is CCCCSNCC1CCC(CNc2nc(N(C)C)c3ccccc3n2)CC1. The van der Waals surface area contributed by atoms with Gasteiger partial charge in [0.25, 0.3) is 0 Å². The maximum Gasteiger partial charge on any atom is 0.225 e. The van der Waals surface area contributed by atoms with E-state index in [9.17, 15) is 0 Å². The number of anilines is 2. The summed E-state index contributed by atoms with van der Waals surface area (Å²) in [6.45, 7) is 4.38. The molecule has 1 aliphatic carbocycles. The van der Waals surface area contributed by atoms with Crippen molar-refractivity contribution in [2.75, 3.05) is 43.2 Å². The average Bonchev–Trinajstić information content (AvgIpc) is 2.72. The summed E-state index contributed by atoms with van der Waals surface area (Å²) >= 11 is 1.90. The summed E-state index contributed by atoms with van der Waals surface area (Å²) in [6, 6.07) is 8.23. The lowest BCUT2D eigenvalue weighted by atomic mass is 9.82. The molecule has 1 aromatic heterocycles. The molecule has 6 heteroatoms. The Hall–Kier alpha value is -1.53. The average molecular weight is 402 g/mol. The minimum absolute atomic E-state index is 0.724. The Morgan fingerprint density at radius 2 is 1.75 bits per heavy atom. The van der Waals surface area contributed by atoms with Gasteiger partial charge in [0.2, 0.25) is 5.95 Å². The number of nitrogens with zero attached hydrogens (tertiary/aromatic N) is 3. The first-order valence-corrected chi connectivity index (χ1v) is 11.7. The van der Waals surface area contributed by atoms with E-state index in [0.29, 0.717) is 0 Å². The van der Waals surface area contributed by atoms with Gasteiger partial charge in [0.05, 0.1) is 5.52 Å². The zero-order valence-electron chi connectivity index (χ0n) is 17.6. The summed E-state index contributed by atoms with van der Waals surface area (Å²) in [5, 5.41) is 4.61. The Balaban J connectivity index is 1.46. The third kappa shape index (κ3) is 5.98. The topological polar surface area (TPSA) is 53.1 Å². The smallest absolute Gasteiger partial charge is 0.225 e. The van der Waals surface area contributed by atoms with Crippen LogP contribution in [-0.2, 0) is 0 Å². The number of benzene rings is 1. The molecule has 0 spiro atoms. The van der Waals surface area contributed by atoms with Crippen LogP contribution in [0.5, 0.6) is 0 Å². The van der Waals surface area contributed by atoms with Crippen LogP contribution in [0.4, 0.5) is 11.8 Å². The van der Waals surface area contributed by atoms with Gasteiger partial charge >= 0.3 is 0 Å². The van der Waals surface area contributed by atoms with Crippen LogP contribution < -0.4 is 14.9 Å².